The monoisotopic (exact) mass is 461 g/mol. The summed E-state index contributed by atoms with van der Waals surface area (Å²) in [6, 6.07) is 0. The summed E-state index contributed by atoms with van der Waals surface area (Å²) in [5.74, 6) is 1.83. The average Bonchev–Trinajstić information content (AvgIpc) is 3.28. The smallest absolute Gasteiger partial charge is 0.428 e. The van der Waals surface area contributed by atoms with E-state index in [2.05, 4.69) is 15.0 Å². The van der Waals surface area contributed by atoms with Gasteiger partial charge in [0, 0.05) is 6.42 Å². The normalized spacial score (nSPS) is 39.3. The van der Waals surface area contributed by atoms with Crippen LogP contribution in [0.3, 0.4) is 0 Å². The molecule has 5 fully saturated rings. The van der Waals surface area contributed by atoms with Crippen molar-refractivity contribution in [1.82, 2.24) is 19.5 Å². The van der Waals surface area contributed by atoms with E-state index in [1.54, 1.807) is 6.92 Å². The summed E-state index contributed by atoms with van der Waals surface area (Å²) in [5.41, 5.74) is 4.57. The van der Waals surface area contributed by atoms with E-state index in [1.807, 2.05) is 0 Å². The van der Waals surface area contributed by atoms with Crippen LogP contribution in [0.4, 0.5) is 15.0 Å². The highest BCUT2D eigenvalue weighted by molar-refractivity contribution is 5.81. The van der Waals surface area contributed by atoms with Crippen molar-refractivity contribution in [3.63, 3.8) is 0 Å². The van der Waals surface area contributed by atoms with E-state index in [-0.39, 0.29) is 30.0 Å². The summed E-state index contributed by atoms with van der Waals surface area (Å²) in [6.07, 6.45) is 4.92. The number of carbonyl (C=O) groups is 1. The minimum atomic E-state index is -1.17. The van der Waals surface area contributed by atoms with Crippen molar-refractivity contribution in [3.8, 4) is 0 Å². The second-order valence-corrected chi connectivity index (χ2v) is 10.5. The average molecular weight is 461 g/mol. The summed E-state index contributed by atoms with van der Waals surface area (Å²) < 4.78 is 33.0. The molecule has 4 aliphatic carbocycles. The summed E-state index contributed by atoms with van der Waals surface area (Å²) >= 11 is 0. The zero-order valence-electron chi connectivity index (χ0n) is 18.4. The summed E-state index contributed by atoms with van der Waals surface area (Å²) in [6.45, 7) is 1.29. The molecule has 3 heterocycles. The molecule has 11 heteroatoms. The number of aromatic nitrogens is 4. The Morgan fingerprint density at radius 1 is 1.24 bits per heavy atom. The van der Waals surface area contributed by atoms with Crippen LogP contribution in [0, 0.1) is 23.8 Å². The van der Waals surface area contributed by atoms with Crippen LogP contribution in [0.25, 0.3) is 11.2 Å². The number of aliphatic hydroxyl groups is 1. The van der Waals surface area contributed by atoms with E-state index in [9.17, 15) is 14.3 Å². The van der Waals surface area contributed by atoms with Gasteiger partial charge in [0.15, 0.2) is 17.0 Å². The lowest BCUT2D eigenvalue weighted by atomic mass is 9.54. The van der Waals surface area contributed by atoms with Gasteiger partial charge in [0.05, 0.1) is 12.9 Å². The Balaban J connectivity index is 1.20. The lowest BCUT2D eigenvalue weighted by Gasteiger charge is -2.55. The zero-order valence-corrected chi connectivity index (χ0v) is 18.4. The number of hydrogen-bond acceptors (Lipinski definition) is 9. The first-order valence-corrected chi connectivity index (χ1v) is 11.6. The maximum absolute atomic E-state index is 13.8. The van der Waals surface area contributed by atoms with Crippen LogP contribution < -0.4 is 5.73 Å². The van der Waals surface area contributed by atoms with Gasteiger partial charge in [-0.1, -0.05) is 0 Å². The predicted molar refractivity (Wildman–Crippen MR) is 112 cm³/mol. The number of halogens is 1. The standard InChI is InChI=1S/C22H28FN5O5/c1-21(9-29)14(5-15(32-21)28-10-25-16-17(24)26-19(23)27-18(16)28)31-20(30)33-22-6-11-2-12(7-22)4-13(3-11)8-22/h10-15,29H,2-9H2,1H3,(H2,24,26,27)/t11?,12?,13?,14-,15+,21+,22?/m0/s1. The van der Waals surface area contributed by atoms with Gasteiger partial charge >= 0.3 is 12.2 Å². The van der Waals surface area contributed by atoms with Crippen molar-refractivity contribution in [3.05, 3.63) is 12.4 Å². The van der Waals surface area contributed by atoms with Crippen LogP contribution in [0.5, 0.6) is 0 Å². The van der Waals surface area contributed by atoms with Crippen molar-refractivity contribution >= 4 is 23.1 Å². The van der Waals surface area contributed by atoms with Crippen molar-refractivity contribution in [2.24, 2.45) is 17.8 Å². The first kappa shape index (κ1) is 21.0. The van der Waals surface area contributed by atoms with Gasteiger partial charge in [0.25, 0.3) is 0 Å². The van der Waals surface area contributed by atoms with Crippen molar-refractivity contribution in [2.75, 3.05) is 12.3 Å². The zero-order chi connectivity index (χ0) is 23.0. The molecule has 33 heavy (non-hydrogen) atoms. The fraction of sp³-hybridized carbons (Fsp3) is 0.727. The van der Waals surface area contributed by atoms with E-state index in [0.29, 0.717) is 17.8 Å². The Kier molecular flexibility index (Phi) is 4.61. The second-order valence-electron chi connectivity index (χ2n) is 10.5. The molecule has 2 aromatic rings. The third-order valence-electron chi connectivity index (χ3n) is 8.07. The van der Waals surface area contributed by atoms with Crippen LogP contribution in [-0.4, -0.2) is 54.7 Å². The van der Waals surface area contributed by atoms with Crippen molar-refractivity contribution in [1.29, 1.82) is 0 Å². The molecule has 178 valence electrons. The molecule has 0 unspecified atom stereocenters. The first-order valence-electron chi connectivity index (χ1n) is 11.6. The van der Waals surface area contributed by atoms with Crippen LogP contribution in [0.15, 0.2) is 6.33 Å². The Morgan fingerprint density at radius 3 is 2.55 bits per heavy atom. The Labute approximate surface area is 189 Å². The summed E-state index contributed by atoms with van der Waals surface area (Å²) in [4.78, 5) is 24.3. The molecule has 2 aromatic heterocycles. The third kappa shape index (κ3) is 3.43. The van der Waals surface area contributed by atoms with Gasteiger partial charge < -0.3 is 25.1 Å². The number of anilines is 1. The molecular formula is C22H28FN5O5. The van der Waals surface area contributed by atoms with E-state index >= 15 is 0 Å². The molecule has 3 atom stereocenters. The van der Waals surface area contributed by atoms with Crippen molar-refractivity contribution < 1.29 is 28.5 Å². The largest absolute Gasteiger partial charge is 0.509 e. The molecule has 0 radical (unpaired) electrons. The van der Waals surface area contributed by atoms with Crippen molar-refractivity contribution in [2.45, 2.75) is 75.4 Å². The molecule has 1 aliphatic heterocycles. The summed E-state index contributed by atoms with van der Waals surface area (Å²) in [7, 11) is 0. The fourth-order valence-corrected chi connectivity index (χ4v) is 6.94. The number of ether oxygens (including phenoxy) is 3. The lowest BCUT2D eigenvalue weighted by Crippen LogP contribution is -2.53. The minimum Gasteiger partial charge on any atom is -0.428 e. The number of hydrogen-bond donors (Lipinski definition) is 2. The molecule has 4 saturated carbocycles. The molecule has 4 bridgehead atoms. The maximum atomic E-state index is 13.8. The molecule has 0 aromatic carbocycles. The Bertz CT molecular complexity index is 1070. The molecule has 1 saturated heterocycles. The number of nitrogens with two attached hydrogens (primary N) is 1. The van der Waals surface area contributed by atoms with E-state index < -0.39 is 35.8 Å². The number of fused-ring (bicyclic) bond motifs is 1. The topological polar surface area (TPSA) is 135 Å². The third-order valence-corrected chi connectivity index (χ3v) is 8.07. The Hall–Kier alpha value is -2.53. The lowest BCUT2D eigenvalue weighted by molar-refractivity contribution is -0.159. The molecule has 0 spiro atoms. The summed E-state index contributed by atoms with van der Waals surface area (Å²) in [5, 5.41) is 10.0. The quantitative estimate of drug-likeness (QED) is 0.520. The highest BCUT2D eigenvalue weighted by atomic mass is 19.1. The molecule has 10 nitrogen and oxygen atoms in total. The predicted octanol–water partition coefficient (Wildman–Crippen LogP) is 2.71. The highest BCUT2D eigenvalue weighted by Crippen LogP contribution is 2.57. The molecule has 0 amide bonds. The van der Waals surface area contributed by atoms with Crippen LogP contribution in [0.2, 0.25) is 0 Å². The number of nitrogens with zero attached hydrogens (tertiary/aromatic N) is 4. The SMILES string of the molecule is C[C@]1(CO)O[C@@H](n2cnc3c(N)nc(F)nc32)C[C@@H]1OC(=O)OC12CC3CC(CC(C3)C1)C2. The van der Waals surface area contributed by atoms with Crippen LogP contribution in [0.1, 0.15) is 58.1 Å². The van der Waals surface area contributed by atoms with Gasteiger partial charge in [-0.2, -0.15) is 14.4 Å². The van der Waals surface area contributed by atoms with Gasteiger partial charge in [-0.3, -0.25) is 4.57 Å². The molecule has 3 N–H and O–H groups in total. The van der Waals surface area contributed by atoms with Gasteiger partial charge in [0.1, 0.15) is 23.5 Å². The second kappa shape index (κ2) is 7.23. The van der Waals surface area contributed by atoms with E-state index in [1.165, 1.54) is 30.2 Å². The van der Waals surface area contributed by atoms with Gasteiger partial charge in [-0.05, 0) is 63.2 Å². The Morgan fingerprint density at radius 2 is 1.91 bits per heavy atom. The first-order chi connectivity index (χ1) is 15.8. The number of imidazole rings is 1. The molecular weight excluding hydrogens is 433 g/mol. The fourth-order valence-electron chi connectivity index (χ4n) is 6.94. The molecule has 7 rings (SSSR count). The van der Waals surface area contributed by atoms with E-state index in [0.717, 1.165) is 19.3 Å². The van der Waals surface area contributed by atoms with Crippen LogP contribution in [-0.2, 0) is 14.2 Å². The minimum absolute atomic E-state index is 0.0777. The van der Waals surface area contributed by atoms with E-state index in [4.69, 9.17) is 19.9 Å². The highest BCUT2D eigenvalue weighted by Gasteiger charge is 2.54. The van der Waals surface area contributed by atoms with Gasteiger partial charge in [0.2, 0.25) is 0 Å². The maximum Gasteiger partial charge on any atom is 0.509 e. The number of nitrogen functional groups attached to an aromatic ring is 1. The van der Waals surface area contributed by atoms with Gasteiger partial charge in [-0.15, -0.1) is 0 Å². The molecule has 5 aliphatic rings. The number of carbonyl (C=O) groups excluding carboxylic acids is 1. The van der Waals surface area contributed by atoms with Gasteiger partial charge in [-0.25, -0.2) is 9.78 Å². The van der Waals surface area contributed by atoms with Crippen LogP contribution >= 0.6 is 0 Å². The number of aliphatic hydroxyl groups excluding tert-OH is 1. The number of rotatable bonds is 4.